The lowest BCUT2D eigenvalue weighted by Gasteiger charge is -2.29. The number of aliphatic imine (C=N–C) groups is 1. The number of pyridine rings is 1. The van der Waals surface area contributed by atoms with Crippen LogP contribution in [-0.4, -0.2) is 49.2 Å². The number of anilines is 1. The van der Waals surface area contributed by atoms with Gasteiger partial charge in [-0.2, -0.15) is 8.42 Å². The average Bonchev–Trinajstić information content (AvgIpc) is 3.44. The van der Waals surface area contributed by atoms with Crippen LogP contribution in [0.25, 0.3) is 5.70 Å². The summed E-state index contributed by atoms with van der Waals surface area (Å²) in [7, 11) is -4.36. The predicted molar refractivity (Wildman–Crippen MR) is 171 cm³/mol. The summed E-state index contributed by atoms with van der Waals surface area (Å²) >= 11 is 0. The van der Waals surface area contributed by atoms with Crippen molar-refractivity contribution in [2.24, 2.45) is 10.9 Å². The highest BCUT2D eigenvalue weighted by molar-refractivity contribution is 7.90. The third kappa shape index (κ3) is 8.31. The van der Waals surface area contributed by atoms with E-state index in [4.69, 9.17) is 15.5 Å². The molecule has 1 aliphatic heterocycles. The topological polar surface area (TPSA) is 127 Å². The third-order valence-corrected chi connectivity index (χ3v) is 8.24. The molecular formula is C33H38FN5O4S. The van der Waals surface area contributed by atoms with E-state index < -0.39 is 26.8 Å². The lowest BCUT2D eigenvalue weighted by molar-refractivity contribution is -0.115. The van der Waals surface area contributed by atoms with Crippen LogP contribution in [0.5, 0.6) is 5.75 Å². The van der Waals surface area contributed by atoms with Gasteiger partial charge in [-0.3, -0.25) is 4.79 Å². The summed E-state index contributed by atoms with van der Waals surface area (Å²) in [6.45, 7) is 10.7. The zero-order valence-electron chi connectivity index (χ0n) is 25.2. The molecule has 232 valence electrons. The van der Waals surface area contributed by atoms with Crippen LogP contribution in [-0.2, 0) is 21.2 Å². The van der Waals surface area contributed by atoms with E-state index in [1.165, 1.54) is 30.3 Å². The highest BCUT2D eigenvalue weighted by Crippen LogP contribution is 2.28. The van der Waals surface area contributed by atoms with Crippen LogP contribution in [0.15, 0.2) is 95.0 Å². The molecule has 4 rings (SSSR count). The van der Waals surface area contributed by atoms with Crippen LogP contribution in [0, 0.1) is 11.7 Å². The molecule has 44 heavy (non-hydrogen) atoms. The van der Waals surface area contributed by atoms with E-state index in [1.54, 1.807) is 19.1 Å². The number of allylic oxidation sites excluding steroid dienone is 1. The normalized spacial score (nSPS) is 15.8. The van der Waals surface area contributed by atoms with Gasteiger partial charge in [-0.05, 0) is 61.9 Å². The molecule has 2 heterocycles. The number of nitrogens with one attached hydrogen (secondary N) is 1. The lowest BCUT2D eigenvalue weighted by atomic mass is 10.0. The minimum atomic E-state index is -4.36. The first-order valence-corrected chi connectivity index (χ1v) is 15.9. The van der Waals surface area contributed by atoms with Crippen LogP contribution >= 0.6 is 0 Å². The Morgan fingerprint density at radius 1 is 1.20 bits per heavy atom. The van der Waals surface area contributed by atoms with Gasteiger partial charge in [-0.15, -0.1) is 0 Å². The van der Waals surface area contributed by atoms with Gasteiger partial charge in [0.15, 0.2) is 5.03 Å². The van der Waals surface area contributed by atoms with Gasteiger partial charge in [0, 0.05) is 24.2 Å². The van der Waals surface area contributed by atoms with Crippen molar-refractivity contribution in [2.75, 3.05) is 18.9 Å². The van der Waals surface area contributed by atoms with E-state index in [2.05, 4.69) is 16.3 Å². The Bertz CT molecular complexity index is 1670. The Hall–Kier alpha value is -4.51. The quantitative estimate of drug-likeness (QED) is 0.168. The summed E-state index contributed by atoms with van der Waals surface area (Å²) in [6.07, 6.45) is 4.03. The number of halogens is 1. The Morgan fingerprint density at radius 2 is 1.95 bits per heavy atom. The van der Waals surface area contributed by atoms with Gasteiger partial charge < -0.3 is 15.4 Å². The van der Waals surface area contributed by atoms with E-state index in [0.29, 0.717) is 36.6 Å². The molecular weight excluding hydrogens is 581 g/mol. The van der Waals surface area contributed by atoms with Gasteiger partial charge >= 0.3 is 0 Å². The molecule has 3 N–H and O–H groups in total. The van der Waals surface area contributed by atoms with Crippen molar-refractivity contribution in [2.45, 2.75) is 51.1 Å². The molecule has 0 bridgehead atoms. The third-order valence-electron chi connectivity index (χ3n) is 7.01. The van der Waals surface area contributed by atoms with Crippen molar-refractivity contribution in [3.63, 3.8) is 0 Å². The van der Waals surface area contributed by atoms with E-state index in [1.807, 2.05) is 49.1 Å². The Balaban J connectivity index is 1.72. The van der Waals surface area contributed by atoms with E-state index in [-0.39, 0.29) is 29.2 Å². The Labute approximate surface area is 258 Å². The maximum atomic E-state index is 14.7. The zero-order valence-corrected chi connectivity index (χ0v) is 26.0. The fourth-order valence-electron chi connectivity index (χ4n) is 4.90. The number of amidine groups is 1. The van der Waals surface area contributed by atoms with Crippen molar-refractivity contribution in [1.29, 1.82) is 0 Å². The van der Waals surface area contributed by atoms with Crippen molar-refractivity contribution in [3.05, 3.63) is 102 Å². The number of benzene rings is 2. The van der Waals surface area contributed by atoms with E-state index in [9.17, 15) is 17.6 Å². The standard InChI is InChI=1S/C33H38FN5O4S/c1-5-29(25-18-26(34)20-28(19-25)43-21-22(2)3)36-32(39-16-10-13-27(39)17-24-11-7-6-8-12-24)23(4)33(40)38-44(41,42)31-15-9-14-30(35)37-31/h5-9,11-12,14-15,18-20,22,27H,4,10,13,16-17,21H2,1-3H3,(H2,35,37)(H,38,40)/b29-5-,36-32?. The summed E-state index contributed by atoms with van der Waals surface area (Å²) in [5, 5.41) is -0.400. The number of carbonyl (C=O) groups is 1. The van der Waals surface area contributed by atoms with Crippen LogP contribution in [0.2, 0.25) is 0 Å². The minimum absolute atomic E-state index is 0.00761. The number of amides is 1. The first-order chi connectivity index (χ1) is 21.0. The average molecular weight is 620 g/mol. The fraction of sp³-hybridized carbons (Fsp3) is 0.303. The largest absolute Gasteiger partial charge is 0.493 e. The summed E-state index contributed by atoms with van der Waals surface area (Å²) in [5.41, 5.74) is 7.41. The fourth-order valence-corrected chi connectivity index (χ4v) is 5.86. The van der Waals surface area contributed by atoms with Gasteiger partial charge in [-0.1, -0.05) is 62.9 Å². The number of aromatic nitrogens is 1. The molecule has 1 amide bonds. The Kier molecular flexibility index (Phi) is 10.5. The van der Waals surface area contributed by atoms with Crippen molar-refractivity contribution in [1.82, 2.24) is 14.6 Å². The van der Waals surface area contributed by atoms with Gasteiger partial charge in [0.05, 0.1) is 17.9 Å². The number of hydrogen-bond acceptors (Lipinski definition) is 7. The highest BCUT2D eigenvalue weighted by atomic mass is 32.2. The van der Waals surface area contributed by atoms with Gasteiger partial charge in [0.2, 0.25) is 0 Å². The molecule has 1 aliphatic rings. The molecule has 1 atom stereocenters. The molecule has 1 saturated heterocycles. The summed E-state index contributed by atoms with van der Waals surface area (Å²) in [6, 6.07) is 18.3. The van der Waals surface area contributed by atoms with Crippen LogP contribution in [0.4, 0.5) is 10.2 Å². The maximum absolute atomic E-state index is 14.7. The SMILES string of the molecule is C=C(C(=O)NS(=O)(=O)c1cccc(N)n1)C(=N/C(=C\C)c1cc(F)cc(OCC(C)C)c1)N1CCCC1Cc1ccccc1. The molecule has 3 aromatic rings. The van der Waals surface area contributed by atoms with Crippen LogP contribution < -0.4 is 15.2 Å². The number of nitrogen functional groups attached to an aromatic ring is 1. The smallest absolute Gasteiger partial charge is 0.281 e. The van der Waals surface area contributed by atoms with Crippen molar-refractivity contribution < 1.29 is 22.3 Å². The second-order valence-corrected chi connectivity index (χ2v) is 12.6. The summed E-state index contributed by atoms with van der Waals surface area (Å²) < 4.78 is 48.6. The molecule has 0 radical (unpaired) electrons. The van der Waals surface area contributed by atoms with Crippen LogP contribution in [0.1, 0.15) is 44.7 Å². The molecule has 2 aromatic carbocycles. The molecule has 9 nitrogen and oxygen atoms in total. The number of sulfonamides is 1. The molecule has 0 spiro atoms. The number of rotatable bonds is 11. The van der Waals surface area contributed by atoms with Gasteiger partial charge in [0.1, 0.15) is 23.2 Å². The minimum Gasteiger partial charge on any atom is -0.493 e. The van der Waals surface area contributed by atoms with E-state index in [0.717, 1.165) is 18.4 Å². The highest BCUT2D eigenvalue weighted by Gasteiger charge is 2.32. The first kappa shape index (κ1) is 32.4. The molecule has 1 aromatic heterocycles. The van der Waals surface area contributed by atoms with Gasteiger partial charge in [-0.25, -0.2) is 19.1 Å². The van der Waals surface area contributed by atoms with Gasteiger partial charge in [0.25, 0.3) is 15.9 Å². The second-order valence-electron chi connectivity index (χ2n) is 11.0. The zero-order chi connectivity index (χ0) is 31.9. The van der Waals surface area contributed by atoms with Crippen molar-refractivity contribution in [3.8, 4) is 5.75 Å². The number of carbonyl (C=O) groups excluding carboxylic acids is 1. The van der Waals surface area contributed by atoms with Crippen molar-refractivity contribution >= 4 is 33.3 Å². The number of likely N-dealkylation sites (tertiary alicyclic amines) is 1. The van der Waals surface area contributed by atoms with Crippen LogP contribution in [0.3, 0.4) is 0 Å². The number of ether oxygens (including phenoxy) is 1. The summed E-state index contributed by atoms with van der Waals surface area (Å²) in [5.74, 6) is -0.688. The number of hydrogen-bond donors (Lipinski definition) is 2. The maximum Gasteiger partial charge on any atom is 0.281 e. The van der Waals surface area contributed by atoms with E-state index >= 15 is 0 Å². The monoisotopic (exact) mass is 619 g/mol. The Morgan fingerprint density at radius 3 is 2.64 bits per heavy atom. The second kappa shape index (κ2) is 14.3. The molecule has 0 aliphatic carbocycles. The number of nitrogens with zero attached hydrogens (tertiary/aromatic N) is 3. The lowest BCUT2D eigenvalue weighted by Crippen LogP contribution is -2.42. The molecule has 11 heteroatoms. The molecule has 1 unspecified atom stereocenters. The first-order valence-electron chi connectivity index (χ1n) is 14.4. The molecule has 1 fully saturated rings. The number of nitrogens with two attached hydrogens (primary N) is 1. The molecule has 0 saturated carbocycles. The predicted octanol–water partition coefficient (Wildman–Crippen LogP) is 5.37. The summed E-state index contributed by atoms with van der Waals surface area (Å²) in [4.78, 5) is 24.1.